The number of nitrogens with zero attached hydrogens (tertiary/aromatic N) is 1. The topological polar surface area (TPSA) is 78.9 Å². The Bertz CT molecular complexity index is 254. The van der Waals surface area contributed by atoms with Crippen LogP contribution in [0.4, 0.5) is 9.59 Å². The van der Waals surface area contributed by atoms with Gasteiger partial charge < -0.3 is 20.1 Å². The van der Waals surface area contributed by atoms with Gasteiger partial charge in [0.25, 0.3) is 0 Å². The predicted octanol–water partition coefficient (Wildman–Crippen LogP) is 0.873. The normalized spacial score (nSPS) is 20.5. The van der Waals surface area contributed by atoms with Gasteiger partial charge in [-0.2, -0.15) is 0 Å². The highest BCUT2D eigenvalue weighted by molar-refractivity contribution is 5.69. The lowest BCUT2D eigenvalue weighted by atomic mass is 10.3. The SMILES string of the molecule is CC(C)OC(=O)NC1CCN(C(=O)O)C1. The lowest BCUT2D eigenvalue weighted by Crippen LogP contribution is -2.39. The quantitative estimate of drug-likeness (QED) is 0.718. The number of likely N-dealkylation sites (tertiary alicyclic amines) is 1. The molecule has 0 spiro atoms. The summed E-state index contributed by atoms with van der Waals surface area (Å²) < 4.78 is 4.89. The maximum Gasteiger partial charge on any atom is 0.407 e. The van der Waals surface area contributed by atoms with Crippen LogP contribution in [-0.2, 0) is 4.74 Å². The van der Waals surface area contributed by atoms with Crippen LogP contribution < -0.4 is 5.32 Å². The summed E-state index contributed by atoms with van der Waals surface area (Å²) in [7, 11) is 0. The van der Waals surface area contributed by atoms with Crippen molar-refractivity contribution in [1.82, 2.24) is 10.2 Å². The predicted molar refractivity (Wildman–Crippen MR) is 52.8 cm³/mol. The van der Waals surface area contributed by atoms with Gasteiger partial charge in [0.15, 0.2) is 0 Å². The summed E-state index contributed by atoms with van der Waals surface area (Å²) in [6.07, 6.45) is -0.958. The minimum Gasteiger partial charge on any atom is -0.465 e. The second-order valence-corrected chi connectivity index (χ2v) is 3.81. The molecule has 1 unspecified atom stereocenters. The van der Waals surface area contributed by atoms with Gasteiger partial charge in [0.05, 0.1) is 12.1 Å². The first-order valence-electron chi connectivity index (χ1n) is 4.94. The highest BCUT2D eigenvalue weighted by Crippen LogP contribution is 2.09. The first kappa shape index (κ1) is 11.6. The largest absolute Gasteiger partial charge is 0.465 e. The Morgan fingerprint density at radius 2 is 2.20 bits per heavy atom. The molecule has 1 heterocycles. The zero-order chi connectivity index (χ0) is 11.4. The van der Waals surface area contributed by atoms with Gasteiger partial charge in [0.2, 0.25) is 0 Å². The molecular weight excluding hydrogens is 200 g/mol. The van der Waals surface area contributed by atoms with Crippen LogP contribution in [0.15, 0.2) is 0 Å². The number of rotatable bonds is 2. The van der Waals surface area contributed by atoms with Gasteiger partial charge in [-0.15, -0.1) is 0 Å². The lowest BCUT2D eigenvalue weighted by Gasteiger charge is -2.15. The number of carboxylic acid groups (broad SMARTS) is 1. The number of amides is 2. The van der Waals surface area contributed by atoms with Crippen molar-refractivity contribution in [2.45, 2.75) is 32.4 Å². The van der Waals surface area contributed by atoms with E-state index in [4.69, 9.17) is 9.84 Å². The highest BCUT2D eigenvalue weighted by atomic mass is 16.6. The van der Waals surface area contributed by atoms with Crippen LogP contribution in [0.1, 0.15) is 20.3 Å². The van der Waals surface area contributed by atoms with Crippen molar-refractivity contribution < 1.29 is 19.4 Å². The molecule has 0 aromatic heterocycles. The molecule has 2 amide bonds. The fourth-order valence-electron chi connectivity index (χ4n) is 1.47. The zero-order valence-corrected chi connectivity index (χ0v) is 8.90. The van der Waals surface area contributed by atoms with E-state index in [9.17, 15) is 9.59 Å². The Balaban J connectivity index is 2.30. The molecule has 0 radical (unpaired) electrons. The summed E-state index contributed by atoms with van der Waals surface area (Å²) in [6, 6.07) is -0.132. The van der Waals surface area contributed by atoms with Crippen molar-refractivity contribution in [2.75, 3.05) is 13.1 Å². The summed E-state index contributed by atoms with van der Waals surface area (Å²) in [4.78, 5) is 23.1. The van der Waals surface area contributed by atoms with Crippen molar-refractivity contribution in [2.24, 2.45) is 0 Å². The van der Waals surface area contributed by atoms with Gasteiger partial charge >= 0.3 is 12.2 Å². The second kappa shape index (κ2) is 4.86. The first-order chi connectivity index (χ1) is 6.99. The molecule has 0 saturated carbocycles. The summed E-state index contributed by atoms with van der Waals surface area (Å²) >= 11 is 0. The van der Waals surface area contributed by atoms with Crippen molar-refractivity contribution in [3.63, 3.8) is 0 Å². The third-order valence-electron chi connectivity index (χ3n) is 2.12. The van der Waals surface area contributed by atoms with Crippen LogP contribution in [0.2, 0.25) is 0 Å². The number of alkyl carbamates (subject to hydrolysis) is 1. The van der Waals surface area contributed by atoms with Gasteiger partial charge in [-0.3, -0.25) is 0 Å². The second-order valence-electron chi connectivity index (χ2n) is 3.81. The number of carbonyl (C=O) groups is 2. The van der Waals surface area contributed by atoms with E-state index >= 15 is 0 Å². The molecule has 15 heavy (non-hydrogen) atoms. The maximum absolute atomic E-state index is 11.2. The molecule has 0 aliphatic carbocycles. The molecule has 86 valence electrons. The summed E-state index contributed by atoms with van der Waals surface area (Å²) in [5.74, 6) is 0. The number of ether oxygens (including phenoxy) is 1. The monoisotopic (exact) mass is 216 g/mol. The molecular formula is C9H16N2O4. The Kier molecular flexibility index (Phi) is 3.76. The van der Waals surface area contributed by atoms with Crippen molar-refractivity contribution in [1.29, 1.82) is 0 Å². The van der Waals surface area contributed by atoms with Gasteiger partial charge in [0.1, 0.15) is 0 Å². The van der Waals surface area contributed by atoms with Gasteiger partial charge in [-0.05, 0) is 20.3 Å². The number of carbonyl (C=O) groups excluding carboxylic acids is 1. The highest BCUT2D eigenvalue weighted by Gasteiger charge is 2.27. The molecule has 0 bridgehead atoms. The molecule has 6 nitrogen and oxygen atoms in total. The summed E-state index contributed by atoms with van der Waals surface area (Å²) in [5, 5.41) is 11.3. The molecule has 1 saturated heterocycles. The molecule has 1 atom stereocenters. The Labute approximate surface area is 88.2 Å². The van der Waals surface area contributed by atoms with Crippen LogP contribution in [0.3, 0.4) is 0 Å². The standard InChI is InChI=1S/C9H16N2O4/c1-6(2)15-8(12)10-7-3-4-11(5-7)9(13)14/h6-7H,3-5H2,1-2H3,(H,10,12)(H,13,14). The van der Waals surface area contributed by atoms with E-state index in [1.54, 1.807) is 13.8 Å². The number of nitrogens with one attached hydrogen (secondary N) is 1. The van der Waals surface area contributed by atoms with Gasteiger partial charge in [-0.25, -0.2) is 9.59 Å². The van der Waals surface area contributed by atoms with Crippen molar-refractivity contribution in [3.05, 3.63) is 0 Å². The van der Waals surface area contributed by atoms with Crippen LogP contribution in [0.5, 0.6) is 0 Å². The molecule has 1 fully saturated rings. The van der Waals surface area contributed by atoms with Crippen LogP contribution >= 0.6 is 0 Å². The molecule has 1 aliphatic rings. The van der Waals surface area contributed by atoms with E-state index in [0.29, 0.717) is 19.5 Å². The minimum absolute atomic E-state index is 0.132. The summed E-state index contributed by atoms with van der Waals surface area (Å²) in [6.45, 7) is 4.32. The molecule has 1 aliphatic heterocycles. The van der Waals surface area contributed by atoms with E-state index < -0.39 is 12.2 Å². The molecule has 0 aromatic rings. The third kappa shape index (κ3) is 3.65. The molecule has 6 heteroatoms. The van der Waals surface area contributed by atoms with Crippen LogP contribution in [0.25, 0.3) is 0 Å². The van der Waals surface area contributed by atoms with Gasteiger partial charge in [0, 0.05) is 13.1 Å². The minimum atomic E-state index is -0.948. The fourth-order valence-corrected chi connectivity index (χ4v) is 1.47. The summed E-state index contributed by atoms with van der Waals surface area (Å²) in [5.41, 5.74) is 0. The average molecular weight is 216 g/mol. The van der Waals surface area contributed by atoms with E-state index in [-0.39, 0.29) is 12.1 Å². The zero-order valence-electron chi connectivity index (χ0n) is 8.90. The number of hydrogen-bond donors (Lipinski definition) is 2. The van der Waals surface area contributed by atoms with E-state index in [1.165, 1.54) is 4.90 Å². The Hall–Kier alpha value is -1.46. The molecule has 1 rings (SSSR count). The van der Waals surface area contributed by atoms with Crippen LogP contribution in [0, 0.1) is 0 Å². The first-order valence-corrected chi connectivity index (χ1v) is 4.94. The Morgan fingerprint density at radius 1 is 1.53 bits per heavy atom. The van der Waals surface area contributed by atoms with Gasteiger partial charge in [-0.1, -0.05) is 0 Å². The van der Waals surface area contributed by atoms with E-state index in [0.717, 1.165) is 0 Å². The van der Waals surface area contributed by atoms with E-state index in [1.807, 2.05) is 0 Å². The van der Waals surface area contributed by atoms with Crippen molar-refractivity contribution in [3.8, 4) is 0 Å². The fraction of sp³-hybridized carbons (Fsp3) is 0.778. The number of hydrogen-bond acceptors (Lipinski definition) is 3. The average Bonchev–Trinajstić information content (AvgIpc) is 2.50. The van der Waals surface area contributed by atoms with E-state index in [2.05, 4.69) is 5.32 Å². The van der Waals surface area contributed by atoms with Crippen molar-refractivity contribution >= 4 is 12.2 Å². The maximum atomic E-state index is 11.2. The Morgan fingerprint density at radius 3 is 2.67 bits per heavy atom. The molecule has 2 N–H and O–H groups in total. The molecule has 0 aromatic carbocycles. The smallest absolute Gasteiger partial charge is 0.407 e. The third-order valence-corrected chi connectivity index (χ3v) is 2.12. The van der Waals surface area contributed by atoms with Crippen LogP contribution in [-0.4, -0.2) is 47.4 Å². The lowest BCUT2D eigenvalue weighted by molar-refractivity contribution is 0.111.